The molecule has 1 saturated heterocycles. The Kier molecular flexibility index (Phi) is 5.47. The first kappa shape index (κ1) is 26.1. The molecule has 4 aliphatic carbocycles. The number of Topliss-reactive ketones (excluding diaryl/α,β-unsaturated/α-hetero) is 1. The molecule has 0 aromatic heterocycles. The second-order valence-corrected chi connectivity index (χ2v) is 12.6. The number of halogens is 5. The predicted molar refractivity (Wildman–Crippen MR) is 125 cm³/mol. The van der Waals surface area contributed by atoms with Gasteiger partial charge < -0.3 is 9.47 Å². The zero-order chi connectivity index (χ0) is 27.6. The maximum absolute atomic E-state index is 14.9. The molecular formula is C29H31F5O4. The molecule has 206 valence electrons. The molecule has 4 nitrogen and oxygen atoms in total. The van der Waals surface area contributed by atoms with E-state index in [1.54, 1.807) is 0 Å². The average molecular weight is 539 g/mol. The summed E-state index contributed by atoms with van der Waals surface area (Å²) < 4.78 is 84.1. The number of ether oxygens (including phenoxy) is 2. The van der Waals surface area contributed by atoms with E-state index in [2.05, 4.69) is 6.92 Å². The Morgan fingerprint density at radius 2 is 1.53 bits per heavy atom. The molecule has 6 rings (SSSR count). The second-order valence-electron chi connectivity index (χ2n) is 12.6. The minimum Gasteiger partial charge on any atom is -0.339 e. The molecular weight excluding hydrogens is 507 g/mol. The number of fused-ring (bicyclic) bond motifs is 7. The number of hydrogen-bond acceptors (Lipinski definition) is 4. The van der Waals surface area contributed by atoms with Crippen molar-refractivity contribution in [1.82, 2.24) is 0 Å². The topological polar surface area (TPSA) is 52.6 Å². The number of rotatable bonds is 2. The highest BCUT2D eigenvalue weighted by atomic mass is 19.2. The highest BCUT2D eigenvalue weighted by Crippen LogP contribution is 2.71. The van der Waals surface area contributed by atoms with Gasteiger partial charge >= 0.3 is 0 Å². The van der Waals surface area contributed by atoms with Gasteiger partial charge in [-0.2, -0.15) is 0 Å². The van der Waals surface area contributed by atoms with Gasteiger partial charge in [0.15, 0.2) is 46.2 Å². The van der Waals surface area contributed by atoms with Gasteiger partial charge in [-0.3, -0.25) is 9.59 Å². The molecule has 3 saturated carbocycles. The molecule has 8 atom stereocenters. The molecule has 1 aliphatic heterocycles. The fraction of sp³-hybridized carbons (Fsp3) is 0.655. The van der Waals surface area contributed by atoms with E-state index in [-0.39, 0.29) is 28.8 Å². The summed E-state index contributed by atoms with van der Waals surface area (Å²) in [5.41, 5.74) is -2.49. The summed E-state index contributed by atoms with van der Waals surface area (Å²) in [6.07, 6.45) is 5.55. The van der Waals surface area contributed by atoms with Gasteiger partial charge in [-0.25, -0.2) is 22.0 Å². The molecule has 0 amide bonds. The van der Waals surface area contributed by atoms with E-state index < -0.39 is 57.6 Å². The lowest BCUT2D eigenvalue weighted by Gasteiger charge is -2.59. The van der Waals surface area contributed by atoms with E-state index in [0.717, 1.165) is 32.6 Å². The Morgan fingerprint density at radius 1 is 0.895 bits per heavy atom. The molecule has 1 heterocycles. The molecule has 5 aliphatic rings. The van der Waals surface area contributed by atoms with Crippen LogP contribution in [0.5, 0.6) is 0 Å². The van der Waals surface area contributed by atoms with E-state index in [4.69, 9.17) is 9.47 Å². The standard InChI is InChI=1S/C29H31F5O4/c1-13(35)29-19(37-28(4,38-29)20-21(30)23(32)25(34)24(33)22(20)31)12-18-16-6-5-14-11-15(36)7-9-26(14,2)17(16)8-10-27(18,29)3/h11,16-19H,5-10,12H2,1-4H3/t16?,17?,18?,19-,26+,27+,28?,29-/m1/s1. The molecule has 0 bridgehead atoms. The van der Waals surface area contributed by atoms with Gasteiger partial charge in [0.25, 0.3) is 0 Å². The van der Waals surface area contributed by atoms with Crippen molar-refractivity contribution >= 4 is 11.6 Å². The third-order valence-electron chi connectivity index (χ3n) is 11.0. The number of hydrogen-bond donors (Lipinski definition) is 0. The van der Waals surface area contributed by atoms with Crippen LogP contribution in [0.4, 0.5) is 22.0 Å². The number of carbonyl (C=O) groups is 2. The first-order chi connectivity index (χ1) is 17.7. The monoisotopic (exact) mass is 538 g/mol. The van der Waals surface area contributed by atoms with Crippen molar-refractivity contribution in [3.63, 3.8) is 0 Å². The van der Waals surface area contributed by atoms with Crippen molar-refractivity contribution in [3.8, 4) is 0 Å². The Balaban J connectivity index is 1.41. The molecule has 0 spiro atoms. The fourth-order valence-electron chi connectivity index (χ4n) is 9.27. The largest absolute Gasteiger partial charge is 0.339 e. The van der Waals surface area contributed by atoms with Crippen LogP contribution in [0.25, 0.3) is 0 Å². The molecule has 38 heavy (non-hydrogen) atoms. The zero-order valence-corrected chi connectivity index (χ0v) is 21.9. The average Bonchev–Trinajstić information content (AvgIpc) is 3.30. The Morgan fingerprint density at radius 3 is 2.16 bits per heavy atom. The molecule has 1 aromatic carbocycles. The van der Waals surface area contributed by atoms with Crippen LogP contribution in [0.2, 0.25) is 0 Å². The number of benzene rings is 1. The molecule has 0 N–H and O–H groups in total. The van der Waals surface area contributed by atoms with E-state index >= 15 is 0 Å². The Labute approximate surface area is 217 Å². The second kappa shape index (κ2) is 7.96. The molecule has 4 fully saturated rings. The van der Waals surface area contributed by atoms with E-state index in [1.807, 2.05) is 13.0 Å². The quantitative estimate of drug-likeness (QED) is 0.247. The smallest absolute Gasteiger partial charge is 0.200 e. The van der Waals surface area contributed by atoms with Crippen LogP contribution in [0.1, 0.15) is 78.2 Å². The van der Waals surface area contributed by atoms with Crippen molar-refractivity contribution in [3.05, 3.63) is 46.3 Å². The molecule has 9 heteroatoms. The lowest BCUT2D eigenvalue weighted by molar-refractivity contribution is -0.230. The van der Waals surface area contributed by atoms with E-state index in [9.17, 15) is 31.5 Å². The van der Waals surface area contributed by atoms with E-state index in [1.165, 1.54) is 12.5 Å². The van der Waals surface area contributed by atoms with E-state index in [0.29, 0.717) is 25.2 Å². The Hall–Kier alpha value is -2.13. The summed E-state index contributed by atoms with van der Waals surface area (Å²) in [6.45, 7) is 6.64. The predicted octanol–water partition coefficient (Wildman–Crippen LogP) is 6.44. The first-order valence-corrected chi connectivity index (χ1v) is 13.4. The zero-order valence-electron chi connectivity index (χ0n) is 21.9. The number of allylic oxidation sites excluding steroid dienone is 1. The van der Waals surface area contributed by atoms with Crippen molar-refractivity contribution in [2.75, 3.05) is 0 Å². The lowest BCUT2D eigenvalue weighted by Crippen LogP contribution is -2.59. The fourth-order valence-corrected chi connectivity index (χ4v) is 9.27. The third kappa shape index (κ3) is 2.98. The SMILES string of the molecule is CC(=O)[C@@]12OC(C)(c3c(F)c(F)c(F)c(F)c3F)O[C@@H]1CC1C3CCC4=CC(=O)CC[C@]4(C)C3CC[C@@]12C. The minimum atomic E-state index is -2.34. The van der Waals surface area contributed by atoms with Gasteiger partial charge in [0, 0.05) is 11.8 Å². The summed E-state index contributed by atoms with van der Waals surface area (Å²) in [5.74, 6) is -12.5. The van der Waals surface area contributed by atoms with Crippen LogP contribution in [-0.2, 0) is 24.8 Å². The van der Waals surface area contributed by atoms with Crippen molar-refractivity contribution < 1.29 is 41.0 Å². The van der Waals surface area contributed by atoms with Crippen LogP contribution in [0.3, 0.4) is 0 Å². The van der Waals surface area contributed by atoms with Gasteiger partial charge in [0.1, 0.15) is 0 Å². The van der Waals surface area contributed by atoms with Crippen molar-refractivity contribution in [2.45, 2.75) is 90.1 Å². The molecule has 1 aromatic rings. The minimum absolute atomic E-state index is 0.00733. The van der Waals surface area contributed by atoms with Gasteiger partial charge in [0.05, 0.1) is 11.7 Å². The summed E-state index contributed by atoms with van der Waals surface area (Å²) in [7, 11) is 0. The highest BCUT2D eigenvalue weighted by molar-refractivity contribution is 5.91. The molecule has 4 unspecified atom stereocenters. The van der Waals surface area contributed by atoms with Gasteiger partial charge in [0.2, 0.25) is 5.82 Å². The summed E-state index contributed by atoms with van der Waals surface area (Å²) in [5, 5.41) is 0. The van der Waals surface area contributed by atoms with Gasteiger partial charge in [-0.05, 0) is 81.6 Å². The third-order valence-corrected chi connectivity index (χ3v) is 11.0. The number of carbonyl (C=O) groups excluding carboxylic acids is 2. The highest BCUT2D eigenvalue weighted by Gasteiger charge is 2.76. The van der Waals surface area contributed by atoms with Crippen LogP contribution < -0.4 is 0 Å². The summed E-state index contributed by atoms with van der Waals surface area (Å²) >= 11 is 0. The van der Waals surface area contributed by atoms with Crippen LogP contribution in [0, 0.1) is 57.7 Å². The normalized spacial score (nSPS) is 43.7. The van der Waals surface area contributed by atoms with Crippen LogP contribution in [-0.4, -0.2) is 23.3 Å². The number of ketones is 2. The summed E-state index contributed by atoms with van der Waals surface area (Å²) in [4.78, 5) is 25.5. The maximum atomic E-state index is 14.9. The molecule has 0 radical (unpaired) electrons. The Bertz CT molecular complexity index is 1280. The van der Waals surface area contributed by atoms with Gasteiger partial charge in [-0.15, -0.1) is 0 Å². The van der Waals surface area contributed by atoms with Gasteiger partial charge in [-0.1, -0.05) is 19.4 Å². The van der Waals surface area contributed by atoms with Crippen LogP contribution >= 0.6 is 0 Å². The van der Waals surface area contributed by atoms with Crippen molar-refractivity contribution in [1.29, 1.82) is 0 Å². The van der Waals surface area contributed by atoms with Crippen molar-refractivity contribution in [2.24, 2.45) is 28.6 Å². The summed E-state index contributed by atoms with van der Waals surface area (Å²) in [6, 6.07) is 0. The first-order valence-electron chi connectivity index (χ1n) is 13.4. The van der Waals surface area contributed by atoms with Crippen LogP contribution in [0.15, 0.2) is 11.6 Å². The lowest BCUT2D eigenvalue weighted by atomic mass is 9.46. The maximum Gasteiger partial charge on any atom is 0.200 e.